The van der Waals surface area contributed by atoms with Gasteiger partial charge >= 0.3 is 37.9 Å². The molecule has 0 spiro atoms. The van der Waals surface area contributed by atoms with Crippen molar-refractivity contribution in [1.82, 2.24) is 0 Å². The molecule has 0 saturated carbocycles. The van der Waals surface area contributed by atoms with Crippen molar-refractivity contribution in [3.8, 4) is 22.3 Å². The molecule has 8 rings (SSSR count). The van der Waals surface area contributed by atoms with Crippen LogP contribution in [0.4, 0.5) is 0 Å². The molecule has 4 heteroatoms. The zero-order chi connectivity index (χ0) is 43.7. The summed E-state index contributed by atoms with van der Waals surface area (Å²) in [6.07, 6.45) is 12.7. The Hall–Kier alpha value is -1.96. The predicted molar refractivity (Wildman–Crippen MR) is 265 cm³/mol. The summed E-state index contributed by atoms with van der Waals surface area (Å²) in [6.45, 7) is 33.4. The molecule has 0 amide bonds. The molecule has 0 radical (unpaired) electrons. The quantitative estimate of drug-likeness (QED) is 0.169. The first-order valence-electron chi connectivity index (χ1n) is 23.0. The fourth-order valence-electron chi connectivity index (χ4n) is 10.8. The van der Waals surface area contributed by atoms with E-state index in [0.717, 1.165) is 0 Å². The molecule has 4 aliphatic rings. The Kier molecular flexibility index (Phi) is 13.2. The van der Waals surface area contributed by atoms with Crippen LogP contribution in [0.2, 0.25) is 12.1 Å². The number of benzene rings is 4. The first-order valence-corrected chi connectivity index (χ1v) is 31.4. The van der Waals surface area contributed by atoms with Crippen molar-refractivity contribution < 1.29 is 20.8 Å². The monoisotopic (exact) mass is 932 g/mol. The Morgan fingerprint density at radius 2 is 0.817 bits per heavy atom. The second-order valence-corrected chi connectivity index (χ2v) is 28.6. The standard InChI is InChI=1S/C56H72Si.2ClH.Zr/c1-33-21-47-45(27-35-17-15-19-43(35)51(47)37-23-39(53(3,4)5)29-40(24-37)54(6,7)8)49(33)31-57-32-50-34(2)22-48-46(50)28-36-18-16-20-44(36)52(48)38-25-41(55(9,10)11)30-42(26-38)56(12,13)14;;;/h21-30,49-50H,15-20,31-32,57H2,1-14H3;2*1H;/q;;;+2/p-2. The summed E-state index contributed by atoms with van der Waals surface area (Å²) in [5, 5.41) is 0. The van der Waals surface area contributed by atoms with Gasteiger partial charge in [-0.25, -0.2) is 0 Å². The summed E-state index contributed by atoms with van der Waals surface area (Å²) >= 11 is -0.826. The van der Waals surface area contributed by atoms with E-state index in [2.05, 4.69) is 158 Å². The zero-order valence-corrected chi connectivity index (χ0v) is 44.9. The van der Waals surface area contributed by atoms with Crippen molar-refractivity contribution in [2.45, 2.75) is 181 Å². The Balaban J connectivity index is 0.00000176. The molecule has 0 saturated heterocycles. The molecular formula is C56H72Cl2SiZr. The molecule has 60 heavy (non-hydrogen) atoms. The van der Waals surface area contributed by atoms with Gasteiger partial charge in [-0.05, 0) is 163 Å². The third-order valence-corrected chi connectivity index (χ3v) is 16.4. The molecule has 4 aromatic carbocycles. The molecule has 4 aromatic rings. The number of hydrogen-bond acceptors (Lipinski definition) is 0. The van der Waals surface area contributed by atoms with E-state index in [9.17, 15) is 0 Å². The van der Waals surface area contributed by atoms with Crippen LogP contribution in [-0.2, 0) is 68.2 Å². The molecule has 0 bridgehead atoms. The van der Waals surface area contributed by atoms with E-state index in [1.54, 1.807) is 66.8 Å². The third-order valence-electron chi connectivity index (χ3n) is 14.4. The second-order valence-electron chi connectivity index (χ2n) is 23.0. The van der Waals surface area contributed by atoms with Gasteiger partial charge in [0.15, 0.2) is 0 Å². The van der Waals surface area contributed by atoms with Crippen LogP contribution >= 0.6 is 17.0 Å². The van der Waals surface area contributed by atoms with Gasteiger partial charge in [0.1, 0.15) is 0 Å². The van der Waals surface area contributed by atoms with Crippen LogP contribution in [0, 0.1) is 0 Å². The number of fused-ring (bicyclic) bond motifs is 4. The molecule has 4 aliphatic carbocycles. The first-order chi connectivity index (χ1) is 28.0. The van der Waals surface area contributed by atoms with Crippen LogP contribution in [0.1, 0.15) is 188 Å². The van der Waals surface area contributed by atoms with Crippen molar-refractivity contribution in [3.63, 3.8) is 0 Å². The van der Waals surface area contributed by atoms with E-state index in [-0.39, 0.29) is 31.2 Å². The fraction of sp³-hybridized carbons (Fsp3) is 0.500. The van der Waals surface area contributed by atoms with Crippen molar-refractivity contribution in [1.29, 1.82) is 0 Å². The molecule has 0 fully saturated rings. The summed E-state index contributed by atoms with van der Waals surface area (Å²) in [6, 6.07) is 23.3. The maximum atomic E-state index is 4.93. The van der Waals surface area contributed by atoms with Crippen LogP contribution < -0.4 is 0 Å². The number of rotatable bonds is 6. The van der Waals surface area contributed by atoms with Crippen molar-refractivity contribution >= 4 is 38.7 Å². The fourth-order valence-corrected chi connectivity index (χ4v) is 13.4. The summed E-state index contributed by atoms with van der Waals surface area (Å²) < 4.78 is 0. The molecule has 318 valence electrons. The minimum atomic E-state index is -0.826. The van der Waals surface area contributed by atoms with Crippen LogP contribution in [0.25, 0.3) is 34.4 Å². The molecule has 2 atom stereocenters. The minimum absolute atomic E-state index is 0.106. The Morgan fingerprint density at radius 1 is 0.500 bits per heavy atom. The molecule has 0 aliphatic heterocycles. The van der Waals surface area contributed by atoms with Crippen molar-refractivity contribution in [2.24, 2.45) is 0 Å². The molecule has 2 unspecified atom stereocenters. The second kappa shape index (κ2) is 17.2. The van der Waals surface area contributed by atoms with Gasteiger partial charge in [-0.2, -0.15) is 0 Å². The first kappa shape index (κ1) is 46.0. The number of halogens is 2. The van der Waals surface area contributed by atoms with Gasteiger partial charge in [0.2, 0.25) is 0 Å². The molecule has 0 heterocycles. The summed E-state index contributed by atoms with van der Waals surface area (Å²) in [4.78, 5) is 0. The summed E-state index contributed by atoms with van der Waals surface area (Å²) in [7, 11) is 9.52. The Morgan fingerprint density at radius 3 is 1.12 bits per heavy atom. The van der Waals surface area contributed by atoms with Crippen molar-refractivity contribution in [3.05, 3.63) is 126 Å². The molecule has 0 N–H and O–H groups in total. The summed E-state index contributed by atoms with van der Waals surface area (Å²) in [5.74, 6) is 1.14. The van der Waals surface area contributed by atoms with Gasteiger partial charge in [0.05, 0.1) is 0 Å². The average Bonchev–Trinajstić information content (AvgIpc) is 3.94. The van der Waals surface area contributed by atoms with E-state index in [4.69, 9.17) is 17.0 Å². The van der Waals surface area contributed by atoms with Gasteiger partial charge in [0.25, 0.3) is 0 Å². The molecular weight excluding hydrogens is 863 g/mol. The molecule has 0 aromatic heterocycles. The van der Waals surface area contributed by atoms with E-state index in [1.165, 1.54) is 84.0 Å². The van der Waals surface area contributed by atoms with Crippen molar-refractivity contribution in [2.75, 3.05) is 0 Å². The van der Waals surface area contributed by atoms with Gasteiger partial charge in [0, 0.05) is 21.4 Å². The van der Waals surface area contributed by atoms with Crippen LogP contribution in [0.15, 0.2) is 59.7 Å². The number of aryl methyl sites for hydroxylation is 2. The van der Waals surface area contributed by atoms with E-state index in [0.29, 0.717) is 11.8 Å². The Labute approximate surface area is 386 Å². The van der Waals surface area contributed by atoms with E-state index in [1.807, 2.05) is 0 Å². The van der Waals surface area contributed by atoms with E-state index >= 15 is 0 Å². The number of hydrogen-bond donors (Lipinski definition) is 0. The van der Waals surface area contributed by atoms with Gasteiger partial charge in [-0.15, -0.1) is 0 Å². The molecule has 0 nitrogen and oxygen atoms in total. The van der Waals surface area contributed by atoms with E-state index < -0.39 is 20.8 Å². The SMILES string of the molecule is CC1=Cc2c(cc3c(c2-c2cc(C(C)(C)C)cc(C(C)(C)C)c2)CCC3)C1C[SiH2]CC1C(C)=Cc2c1cc1c(c2-c2cc(C(C)(C)C)cc(C(C)(C)C)c2)CCC1.[Cl][Zr][Cl]. The predicted octanol–water partition coefficient (Wildman–Crippen LogP) is 16.3. The average molecular weight is 935 g/mol. The van der Waals surface area contributed by atoms with Crippen LogP contribution in [0.5, 0.6) is 0 Å². The van der Waals surface area contributed by atoms with Gasteiger partial charge in [-0.1, -0.05) is 167 Å². The topological polar surface area (TPSA) is 0 Å². The van der Waals surface area contributed by atoms with Crippen LogP contribution in [-0.4, -0.2) is 9.52 Å². The van der Waals surface area contributed by atoms with Crippen LogP contribution in [0.3, 0.4) is 0 Å². The van der Waals surface area contributed by atoms with Gasteiger partial charge < -0.3 is 0 Å². The zero-order valence-electron chi connectivity index (χ0n) is 39.5. The third kappa shape index (κ3) is 9.17. The normalized spacial score (nSPS) is 18.5. The number of allylic oxidation sites excluding steroid dienone is 2. The Bertz CT molecular complexity index is 2140. The summed E-state index contributed by atoms with van der Waals surface area (Å²) in [5.41, 5.74) is 28.4. The van der Waals surface area contributed by atoms with Gasteiger partial charge in [-0.3, -0.25) is 0 Å². The maximum absolute atomic E-state index is 4.93.